The second kappa shape index (κ2) is 3.55. The van der Waals surface area contributed by atoms with Crippen LogP contribution in [0.3, 0.4) is 0 Å². The van der Waals surface area contributed by atoms with Gasteiger partial charge in [-0.2, -0.15) is 0 Å². The minimum absolute atomic E-state index is 0.178. The lowest BCUT2D eigenvalue weighted by Gasteiger charge is -2.19. The van der Waals surface area contributed by atoms with E-state index < -0.39 is 11.9 Å². The zero-order valence-corrected chi connectivity index (χ0v) is 7.79. The van der Waals surface area contributed by atoms with Crippen molar-refractivity contribution >= 4 is 0 Å². The highest BCUT2D eigenvalue weighted by Crippen LogP contribution is 2.29. The van der Waals surface area contributed by atoms with Crippen LogP contribution in [-0.2, 0) is 11.3 Å². The van der Waals surface area contributed by atoms with Gasteiger partial charge in [0.25, 0.3) is 0 Å². The quantitative estimate of drug-likeness (QED) is 0.747. The Morgan fingerprint density at radius 2 is 2.29 bits per heavy atom. The maximum Gasteiger partial charge on any atom is 0.189 e. The Labute approximate surface area is 81.1 Å². The average Bonchev–Trinajstić information content (AvgIpc) is 2.16. The fourth-order valence-electron chi connectivity index (χ4n) is 1.43. The topological polar surface area (TPSA) is 38.7 Å². The molecule has 1 heterocycles. The molecule has 0 amide bonds. The third-order valence-corrected chi connectivity index (χ3v) is 2.19. The zero-order valence-electron chi connectivity index (χ0n) is 7.79. The predicted octanol–water partition coefficient (Wildman–Crippen LogP) is 1.75. The van der Waals surface area contributed by atoms with Gasteiger partial charge in [-0.3, -0.25) is 0 Å². The summed E-state index contributed by atoms with van der Waals surface area (Å²) in [5.74, 6) is 0.168. The Balaban J connectivity index is 2.45. The molecule has 0 aromatic heterocycles. The van der Waals surface area contributed by atoms with Gasteiger partial charge < -0.3 is 14.6 Å². The van der Waals surface area contributed by atoms with Crippen LogP contribution in [0.4, 0.5) is 4.39 Å². The van der Waals surface area contributed by atoms with E-state index in [4.69, 9.17) is 9.47 Å². The van der Waals surface area contributed by atoms with Gasteiger partial charge in [-0.15, -0.1) is 0 Å². The summed E-state index contributed by atoms with van der Waals surface area (Å²) in [4.78, 5) is 0. The van der Waals surface area contributed by atoms with Gasteiger partial charge in [0.05, 0.1) is 12.7 Å². The standard InChI is InChI=1S/C10H11FO3/c1-6(12)8-3-10-7(2-9(8)11)4-13-5-14-10/h2-3,6,12H,4-5H2,1H3. The Bertz CT molecular complexity index is 349. The number of ether oxygens (including phenoxy) is 2. The summed E-state index contributed by atoms with van der Waals surface area (Å²) >= 11 is 0. The van der Waals surface area contributed by atoms with Crippen LogP contribution in [0.25, 0.3) is 0 Å². The van der Waals surface area contributed by atoms with Crippen LogP contribution in [-0.4, -0.2) is 11.9 Å². The minimum Gasteiger partial charge on any atom is -0.467 e. The second-order valence-corrected chi connectivity index (χ2v) is 3.27. The lowest BCUT2D eigenvalue weighted by atomic mass is 10.1. The highest BCUT2D eigenvalue weighted by Gasteiger charge is 2.16. The molecular weight excluding hydrogens is 187 g/mol. The van der Waals surface area contributed by atoms with Gasteiger partial charge in [0, 0.05) is 11.1 Å². The highest BCUT2D eigenvalue weighted by atomic mass is 19.1. The number of benzene rings is 1. The molecule has 0 aliphatic carbocycles. The van der Waals surface area contributed by atoms with Gasteiger partial charge in [-0.1, -0.05) is 0 Å². The molecule has 0 fully saturated rings. The van der Waals surface area contributed by atoms with Crippen LogP contribution in [0.5, 0.6) is 5.75 Å². The Kier molecular flexibility index (Phi) is 2.39. The number of aliphatic hydroxyl groups excluding tert-OH is 1. The molecular formula is C10H11FO3. The molecule has 0 saturated carbocycles. The molecule has 0 spiro atoms. The van der Waals surface area contributed by atoms with Gasteiger partial charge in [-0.25, -0.2) is 4.39 Å². The van der Waals surface area contributed by atoms with Crippen molar-refractivity contribution in [3.05, 3.63) is 29.1 Å². The molecule has 14 heavy (non-hydrogen) atoms. The van der Waals surface area contributed by atoms with Crippen molar-refractivity contribution in [2.75, 3.05) is 6.79 Å². The third-order valence-electron chi connectivity index (χ3n) is 2.19. The normalized spacial score (nSPS) is 17.1. The first-order chi connectivity index (χ1) is 6.68. The van der Waals surface area contributed by atoms with Crippen molar-refractivity contribution in [2.45, 2.75) is 19.6 Å². The minimum atomic E-state index is -0.827. The van der Waals surface area contributed by atoms with Crippen LogP contribution in [0.2, 0.25) is 0 Å². The van der Waals surface area contributed by atoms with Crippen molar-refractivity contribution in [3.63, 3.8) is 0 Å². The van der Waals surface area contributed by atoms with Crippen molar-refractivity contribution in [2.24, 2.45) is 0 Å². The van der Waals surface area contributed by atoms with Crippen LogP contribution in [0, 0.1) is 5.82 Å². The summed E-state index contributed by atoms with van der Waals surface area (Å²) in [5.41, 5.74) is 0.934. The molecule has 1 aliphatic heterocycles. The van der Waals surface area contributed by atoms with Crippen LogP contribution in [0.15, 0.2) is 12.1 Å². The molecule has 1 aromatic rings. The molecule has 1 unspecified atom stereocenters. The number of hydrogen-bond acceptors (Lipinski definition) is 3. The van der Waals surface area contributed by atoms with E-state index >= 15 is 0 Å². The molecule has 1 aliphatic rings. The summed E-state index contributed by atoms with van der Waals surface area (Å²) in [6.07, 6.45) is -0.827. The lowest BCUT2D eigenvalue weighted by molar-refractivity contribution is -0.0168. The fraction of sp³-hybridized carbons (Fsp3) is 0.400. The van der Waals surface area contributed by atoms with E-state index in [1.54, 1.807) is 0 Å². The van der Waals surface area contributed by atoms with Crippen LogP contribution in [0.1, 0.15) is 24.2 Å². The van der Waals surface area contributed by atoms with Gasteiger partial charge in [-0.05, 0) is 19.1 Å². The van der Waals surface area contributed by atoms with E-state index in [1.807, 2.05) is 0 Å². The number of fused-ring (bicyclic) bond motifs is 1. The number of rotatable bonds is 1. The predicted molar refractivity (Wildman–Crippen MR) is 47.3 cm³/mol. The molecule has 1 aromatic carbocycles. The largest absolute Gasteiger partial charge is 0.467 e. The zero-order chi connectivity index (χ0) is 10.1. The van der Waals surface area contributed by atoms with E-state index in [1.165, 1.54) is 19.1 Å². The van der Waals surface area contributed by atoms with E-state index in [0.29, 0.717) is 17.9 Å². The molecule has 0 saturated heterocycles. The maximum atomic E-state index is 13.4. The molecule has 76 valence electrons. The monoisotopic (exact) mass is 198 g/mol. The van der Waals surface area contributed by atoms with Crippen LogP contribution < -0.4 is 4.74 Å². The second-order valence-electron chi connectivity index (χ2n) is 3.27. The summed E-state index contributed by atoms with van der Waals surface area (Å²) in [6.45, 7) is 2.05. The van der Waals surface area contributed by atoms with Gasteiger partial charge in [0.1, 0.15) is 11.6 Å². The molecule has 4 heteroatoms. The van der Waals surface area contributed by atoms with E-state index in [0.717, 1.165) is 0 Å². The summed E-state index contributed by atoms with van der Waals surface area (Å²) in [6, 6.07) is 2.87. The summed E-state index contributed by atoms with van der Waals surface area (Å²) < 4.78 is 23.5. The Morgan fingerprint density at radius 3 is 3.00 bits per heavy atom. The van der Waals surface area contributed by atoms with Gasteiger partial charge in [0.2, 0.25) is 0 Å². The SMILES string of the molecule is CC(O)c1cc2c(cc1F)COCO2. The Hall–Kier alpha value is -1.13. The van der Waals surface area contributed by atoms with Gasteiger partial charge >= 0.3 is 0 Å². The first-order valence-corrected chi connectivity index (χ1v) is 4.39. The smallest absolute Gasteiger partial charge is 0.189 e. The molecule has 2 rings (SSSR count). The van der Waals surface area contributed by atoms with E-state index in [9.17, 15) is 9.50 Å². The summed E-state index contributed by atoms with van der Waals surface area (Å²) in [7, 11) is 0. The molecule has 3 nitrogen and oxygen atoms in total. The number of aliphatic hydroxyl groups is 1. The third kappa shape index (κ3) is 1.58. The Morgan fingerprint density at radius 1 is 1.50 bits per heavy atom. The van der Waals surface area contributed by atoms with Crippen molar-refractivity contribution < 1.29 is 19.0 Å². The molecule has 1 N–H and O–H groups in total. The molecule has 1 atom stereocenters. The van der Waals surface area contributed by atoms with Crippen molar-refractivity contribution in [1.82, 2.24) is 0 Å². The summed E-state index contributed by atoms with van der Waals surface area (Å²) in [5, 5.41) is 9.28. The van der Waals surface area contributed by atoms with E-state index in [2.05, 4.69) is 0 Å². The number of hydrogen-bond donors (Lipinski definition) is 1. The van der Waals surface area contributed by atoms with Gasteiger partial charge in [0.15, 0.2) is 6.79 Å². The molecule has 0 bridgehead atoms. The van der Waals surface area contributed by atoms with E-state index in [-0.39, 0.29) is 12.4 Å². The first kappa shape index (κ1) is 9.43. The lowest BCUT2D eigenvalue weighted by Crippen LogP contribution is -2.12. The highest BCUT2D eigenvalue weighted by molar-refractivity contribution is 5.39. The van der Waals surface area contributed by atoms with Crippen molar-refractivity contribution in [3.8, 4) is 5.75 Å². The first-order valence-electron chi connectivity index (χ1n) is 4.39. The maximum absolute atomic E-state index is 13.4. The fourth-order valence-corrected chi connectivity index (χ4v) is 1.43. The average molecular weight is 198 g/mol. The number of halogens is 1. The van der Waals surface area contributed by atoms with Crippen LogP contribution >= 0.6 is 0 Å². The van der Waals surface area contributed by atoms with Crippen molar-refractivity contribution in [1.29, 1.82) is 0 Å². The molecule has 0 radical (unpaired) electrons.